The molecule has 0 radical (unpaired) electrons. The molecule has 1 fully saturated rings. The minimum atomic E-state index is -0.0766. The van der Waals surface area contributed by atoms with Crippen LogP contribution in [0.2, 0.25) is 0 Å². The van der Waals surface area contributed by atoms with Gasteiger partial charge in [-0.2, -0.15) is 5.10 Å². The second-order valence-electron chi connectivity index (χ2n) is 9.83. The molecular weight excluding hydrogens is 460 g/mol. The Bertz CT molecular complexity index is 1290. The van der Waals surface area contributed by atoms with E-state index in [1.54, 1.807) is 0 Å². The van der Waals surface area contributed by atoms with E-state index in [-0.39, 0.29) is 5.91 Å². The average Bonchev–Trinajstić information content (AvgIpc) is 3.56. The molecule has 0 unspecified atom stereocenters. The van der Waals surface area contributed by atoms with Gasteiger partial charge in [0, 0.05) is 51.7 Å². The molecule has 0 saturated carbocycles. The Kier molecular flexibility index (Phi) is 7.82. The molecule has 0 aliphatic carbocycles. The van der Waals surface area contributed by atoms with Crippen LogP contribution in [0.25, 0.3) is 11.5 Å². The number of hydrogen-bond acceptors (Lipinski definition) is 4. The molecule has 2 aromatic carbocycles. The minimum Gasteiger partial charge on any atom is -0.352 e. The summed E-state index contributed by atoms with van der Waals surface area (Å²) in [5.41, 5.74) is 4.83. The lowest BCUT2D eigenvalue weighted by Gasteiger charge is -2.34. The molecule has 7 heteroatoms. The number of aryl methyl sites for hydroxylation is 2. The average molecular weight is 497 g/mol. The summed E-state index contributed by atoms with van der Waals surface area (Å²) < 4.78 is 3.82. The van der Waals surface area contributed by atoms with Gasteiger partial charge in [0.25, 0.3) is 5.91 Å². The summed E-state index contributed by atoms with van der Waals surface area (Å²) in [5.74, 6) is 0.686. The van der Waals surface area contributed by atoms with Crippen molar-refractivity contribution in [2.24, 2.45) is 0 Å². The number of amides is 1. The molecule has 1 N–H and O–H groups in total. The van der Waals surface area contributed by atoms with E-state index in [4.69, 9.17) is 5.10 Å². The van der Waals surface area contributed by atoms with Crippen molar-refractivity contribution < 1.29 is 4.79 Å². The van der Waals surface area contributed by atoms with Crippen molar-refractivity contribution >= 4 is 5.91 Å². The van der Waals surface area contributed by atoms with E-state index < -0.39 is 0 Å². The lowest BCUT2D eigenvalue weighted by molar-refractivity contribution is 0.0946. The number of aromatic nitrogens is 3. The molecule has 2 aromatic heterocycles. The van der Waals surface area contributed by atoms with Crippen molar-refractivity contribution in [2.75, 3.05) is 39.3 Å². The third-order valence-electron chi connectivity index (χ3n) is 7.04. The number of carbonyl (C=O) groups is 1. The van der Waals surface area contributed by atoms with Gasteiger partial charge in [-0.15, -0.1) is 0 Å². The predicted molar refractivity (Wildman–Crippen MR) is 147 cm³/mol. The van der Waals surface area contributed by atoms with Crippen LogP contribution in [0, 0.1) is 13.8 Å². The van der Waals surface area contributed by atoms with Crippen molar-refractivity contribution in [3.05, 3.63) is 102 Å². The van der Waals surface area contributed by atoms with Crippen molar-refractivity contribution in [3.8, 4) is 11.5 Å². The van der Waals surface area contributed by atoms with Gasteiger partial charge >= 0.3 is 0 Å². The standard InChI is InChI=1S/C30H36N6O/c1-24-11-13-27(14-12-24)36-30(35-17-6-7-18-35)28(25(2)32-36)29(37)31-15-8-16-33-19-21-34(22-20-33)23-26-9-4-3-5-10-26/h3-7,9-14,17-18H,8,15-16,19-23H2,1-2H3,(H,31,37). The summed E-state index contributed by atoms with van der Waals surface area (Å²) in [6, 6.07) is 22.8. The zero-order chi connectivity index (χ0) is 25.6. The summed E-state index contributed by atoms with van der Waals surface area (Å²) in [4.78, 5) is 18.4. The molecule has 37 heavy (non-hydrogen) atoms. The number of nitrogens with zero attached hydrogens (tertiary/aromatic N) is 5. The Morgan fingerprint density at radius 3 is 2.24 bits per heavy atom. The van der Waals surface area contributed by atoms with Crippen LogP contribution in [0.15, 0.2) is 79.1 Å². The van der Waals surface area contributed by atoms with E-state index in [1.165, 1.54) is 11.1 Å². The highest BCUT2D eigenvalue weighted by Gasteiger charge is 2.23. The molecule has 192 valence electrons. The molecule has 1 aliphatic heterocycles. The molecule has 1 saturated heterocycles. The van der Waals surface area contributed by atoms with Gasteiger partial charge in [-0.25, -0.2) is 4.68 Å². The molecule has 0 spiro atoms. The topological polar surface area (TPSA) is 58.3 Å². The molecule has 7 nitrogen and oxygen atoms in total. The number of hydrogen-bond donors (Lipinski definition) is 1. The van der Waals surface area contributed by atoms with Gasteiger partial charge < -0.3 is 14.8 Å². The van der Waals surface area contributed by atoms with E-state index in [2.05, 4.69) is 64.5 Å². The Balaban J connectivity index is 1.17. The van der Waals surface area contributed by atoms with Crippen molar-refractivity contribution in [2.45, 2.75) is 26.8 Å². The highest BCUT2D eigenvalue weighted by Crippen LogP contribution is 2.23. The monoisotopic (exact) mass is 496 g/mol. The fourth-order valence-electron chi connectivity index (χ4n) is 4.97. The lowest BCUT2D eigenvalue weighted by Crippen LogP contribution is -2.46. The van der Waals surface area contributed by atoms with E-state index in [9.17, 15) is 4.79 Å². The Morgan fingerprint density at radius 2 is 1.54 bits per heavy atom. The third-order valence-corrected chi connectivity index (χ3v) is 7.04. The summed E-state index contributed by atoms with van der Waals surface area (Å²) in [5, 5.41) is 7.90. The first-order valence-electron chi connectivity index (χ1n) is 13.2. The number of carbonyl (C=O) groups excluding carboxylic acids is 1. The maximum Gasteiger partial charge on any atom is 0.256 e. The van der Waals surface area contributed by atoms with Gasteiger partial charge in [-0.05, 0) is 56.6 Å². The normalized spacial score (nSPS) is 14.6. The molecule has 5 rings (SSSR count). The SMILES string of the molecule is Cc1ccc(-n2nc(C)c(C(=O)NCCCN3CCN(Cc4ccccc4)CC3)c2-n2cccc2)cc1. The van der Waals surface area contributed by atoms with E-state index in [1.807, 2.05) is 52.8 Å². The molecule has 0 bridgehead atoms. The van der Waals surface area contributed by atoms with Crippen LogP contribution in [0.3, 0.4) is 0 Å². The first-order valence-corrected chi connectivity index (χ1v) is 13.2. The molecule has 3 heterocycles. The third kappa shape index (κ3) is 6.01. The van der Waals surface area contributed by atoms with E-state index in [0.717, 1.165) is 62.9 Å². The van der Waals surface area contributed by atoms with Gasteiger partial charge in [0.05, 0.1) is 11.4 Å². The summed E-state index contributed by atoms with van der Waals surface area (Å²) in [7, 11) is 0. The van der Waals surface area contributed by atoms with Crippen LogP contribution in [0.4, 0.5) is 0 Å². The summed E-state index contributed by atoms with van der Waals surface area (Å²) >= 11 is 0. The van der Waals surface area contributed by atoms with Crippen LogP contribution in [-0.4, -0.2) is 69.3 Å². The summed E-state index contributed by atoms with van der Waals surface area (Å²) in [6.45, 7) is 10.9. The largest absolute Gasteiger partial charge is 0.352 e. The highest BCUT2D eigenvalue weighted by atomic mass is 16.1. The Hall–Kier alpha value is -3.68. The molecule has 4 aromatic rings. The van der Waals surface area contributed by atoms with Crippen LogP contribution >= 0.6 is 0 Å². The fraction of sp³-hybridized carbons (Fsp3) is 0.333. The van der Waals surface area contributed by atoms with E-state index in [0.29, 0.717) is 12.1 Å². The molecule has 1 amide bonds. The summed E-state index contributed by atoms with van der Waals surface area (Å²) in [6.07, 6.45) is 4.83. The van der Waals surface area contributed by atoms with Crippen LogP contribution < -0.4 is 5.32 Å². The maximum absolute atomic E-state index is 13.3. The Labute approximate surface area is 219 Å². The van der Waals surface area contributed by atoms with Gasteiger partial charge in [0.2, 0.25) is 0 Å². The second-order valence-corrected chi connectivity index (χ2v) is 9.83. The molecule has 0 atom stereocenters. The first kappa shape index (κ1) is 25.0. The lowest BCUT2D eigenvalue weighted by atomic mass is 10.2. The number of rotatable bonds is 9. The fourth-order valence-corrected chi connectivity index (χ4v) is 4.97. The smallest absolute Gasteiger partial charge is 0.256 e. The highest BCUT2D eigenvalue weighted by molar-refractivity contribution is 5.98. The van der Waals surface area contributed by atoms with Crippen molar-refractivity contribution in [3.63, 3.8) is 0 Å². The molecular formula is C30H36N6O. The van der Waals surface area contributed by atoms with E-state index >= 15 is 0 Å². The zero-order valence-corrected chi connectivity index (χ0v) is 21.8. The molecule has 1 aliphatic rings. The number of benzene rings is 2. The van der Waals surface area contributed by atoms with Gasteiger partial charge in [-0.3, -0.25) is 9.69 Å². The maximum atomic E-state index is 13.3. The van der Waals surface area contributed by atoms with Crippen LogP contribution in [-0.2, 0) is 6.54 Å². The number of piperazine rings is 1. The van der Waals surface area contributed by atoms with Crippen molar-refractivity contribution in [1.82, 2.24) is 29.5 Å². The second kappa shape index (κ2) is 11.6. The van der Waals surface area contributed by atoms with Crippen LogP contribution in [0.5, 0.6) is 0 Å². The number of nitrogens with one attached hydrogen (secondary N) is 1. The zero-order valence-electron chi connectivity index (χ0n) is 21.8. The minimum absolute atomic E-state index is 0.0766. The quantitative estimate of drug-likeness (QED) is 0.353. The van der Waals surface area contributed by atoms with Crippen molar-refractivity contribution in [1.29, 1.82) is 0 Å². The van der Waals surface area contributed by atoms with Gasteiger partial charge in [0.15, 0.2) is 5.82 Å². The van der Waals surface area contributed by atoms with Gasteiger partial charge in [-0.1, -0.05) is 48.0 Å². The predicted octanol–water partition coefficient (Wildman–Crippen LogP) is 4.22. The van der Waals surface area contributed by atoms with Gasteiger partial charge in [0.1, 0.15) is 5.56 Å². The Morgan fingerprint density at radius 1 is 0.865 bits per heavy atom. The van der Waals surface area contributed by atoms with Crippen LogP contribution in [0.1, 0.15) is 33.6 Å². The first-order chi connectivity index (χ1) is 18.1.